The van der Waals surface area contributed by atoms with Crippen LogP contribution in [0.15, 0.2) is 48.5 Å². The summed E-state index contributed by atoms with van der Waals surface area (Å²) in [5, 5.41) is 13.2. The minimum absolute atomic E-state index is 0. The Morgan fingerprint density at radius 2 is 1.45 bits per heavy atom. The Labute approximate surface area is 235 Å². The van der Waals surface area contributed by atoms with Gasteiger partial charge in [0, 0.05) is 34.5 Å². The van der Waals surface area contributed by atoms with E-state index in [1.54, 1.807) is 6.07 Å². The smallest absolute Gasteiger partial charge is 0.307 e. The molecule has 0 bridgehead atoms. The van der Waals surface area contributed by atoms with Crippen molar-refractivity contribution in [3.63, 3.8) is 0 Å². The monoisotopic (exact) mass is 557 g/mol. The summed E-state index contributed by atoms with van der Waals surface area (Å²) >= 11 is 12.0. The number of carbonyl (C=O) groups is 2. The van der Waals surface area contributed by atoms with Crippen LogP contribution in [0.3, 0.4) is 0 Å². The topological polar surface area (TPSA) is 95.1 Å². The lowest BCUT2D eigenvalue weighted by atomic mass is 10.0. The maximum absolute atomic E-state index is 11.2. The third-order valence-electron chi connectivity index (χ3n) is 7.85. The second-order valence-electron chi connectivity index (χ2n) is 11.3. The zero-order valence-electron chi connectivity index (χ0n) is 21.9. The van der Waals surface area contributed by atoms with Gasteiger partial charge in [0.05, 0.1) is 11.6 Å². The molecule has 2 aromatic carbocycles. The van der Waals surface area contributed by atoms with E-state index >= 15 is 0 Å². The standard InChI is InChI=1S/C17H20ClN3O.C12H13ClO2.CH4/c1-9-15(21-16(19-9)20-10(2)22)14-13(17(14,3)4)11-6-5-7-12(18)8-11;1-12(2)9(10(12)11(14)15)7-4-3-5-8(13)6-7;/h5-8,13-14H,1-4H3,(H2,19,20,21,22);3-6,9-10H,1-2H3,(H,14,15);1H4/t13-,14+;9-,10+;/m11./s1. The molecule has 1 heterocycles. The third kappa shape index (κ3) is 5.76. The Balaban J connectivity index is 0.000000220. The van der Waals surface area contributed by atoms with Crippen LogP contribution in [0.2, 0.25) is 10.0 Å². The van der Waals surface area contributed by atoms with Gasteiger partial charge < -0.3 is 10.1 Å². The number of halogens is 2. The predicted molar refractivity (Wildman–Crippen MR) is 154 cm³/mol. The SMILES string of the molecule is C.CC(=O)Nc1nc([C@@H]2[C@@H](c3cccc(Cl)c3)C2(C)C)c(C)[nH]1.CC1(C)[C@H](C(=O)O)[C@H]1c1cccc(Cl)c1. The van der Waals surface area contributed by atoms with Crippen molar-refractivity contribution in [2.75, 3.05) is 5.32 Å². The van der Waals surface area contributed by atoms with E-state index in [2.05, 4.69) is 35.2 Å². The van der Waals surface area contributed by atoms with E-state index in [4.69, 9.17) is 28.3 Å². The van der Waals surface area contributed by atoms with Crippen molar-refractivity contribution in [2.45, 2.75) is 66.7 Å². The zero-order chi connectivity index (χ0) is 27.3. The molecule has 8 heteroatoms. The van der Waals surface area contributed by atoms with Crippen molar-refractivity contribution in [1.29, 1.82) is 0 Å². The van der Waals surface area contributed by atoms with Crippen molar-refractivity contribution < 1.29 is 14.7 Å². The highest BCUT2D eigenvalue weighted by atomic mass is 35.5. The molecule has 38 heavy (non-hydrogen) atoms. The molecule has 1 aromatic heterocycles. The third-order valence-corrected chi connectivity index (χ3v) is 8.32. The quantitative estimate of drug-likeness (QED) is 0.295. The van der Waals surface area contributed by atoms with E-state index in [0.29, 0.717) is 22.8 Å². The fourth-order valence-corrected chi connectivity index (χ4v) is 6.29. The van der Waals surface area contributed by atoms with E-state index in [1.807, 2.05) is 57.2 Å². The molecule has 0 saturated heterocycles. The molecule has 5 rings (SSSR count). The molecule has 4 atom stereocenters. The molecule has 0 radical (unpaired) electrons. The van der Waals surface area contributed by atoms with E-state index in [-0.39, 0.29) is 36.0 Å². The highest BCUT2D eigenvalue weighted by molar-refractivity contribution is 6.30. The number of amides is 1. The summed E-state index contributed by atoms with van der Waals surface area (Å²) in [7, 11) is 0. The molecule has 2 aliphatic rings. The molecule has 2 aliphatic carbocycles. The van der Waals surface area contributed by atoms with E-state index < -0.39 is 5.97 Å². The van der Waals surface area contributed by atoms with Crippen LogP contribution < -0.4 is 5.32 Å². The molecular formula is C30H37Cl2N3O3. The second-order valence-corrected chi connectivity index (χ2v) is 12.2. The largest absolute Gasteiger partial charge is 0.481 e. The average Bonchev–Trinajstić information content (AvgIpc) is 3.50. The Hall–Kier alpha value is -2.83. The summed E-state index contributed by atoms with van der Waals surface area (Å²) < 4.78 is 0. The van der Waals surface area contributed by atoms with Gasteiger partial charge in [-0.2, -0.15) is 0 Å². The lowest BCUT2D eigenvalue weighted by molar-refractivity contribution is -0.139. The average molecular weight is 559 g/mol. The minimum Gasteiger partial charge on any atom is -0.481 e. The van der Waals surface area contributed by atoms with Gasteiger partial charge in [-0.25, -0.2) is 4.98 Å². The van der Waals surface area contributed by atoms with Crippen LogP contribution in [0.1, 0.15) is 82.3 Å². The normalized spacial score (nSPS) is 23.8. The number of aliphatic carboxylic acids is 1. The van der Waals surface area contributed by atoms with Crippen molar-refractivity contribution in [2.24, 2.45) is 16.7 Å². The van der Waals surface area contributed by atoms with Crippen LogP contribution in [-0.4, -0.2) is 27.0 Å². The number of hydrogen-bond donors (Lipinski definition) is 3. The van der Waals surface area contributed by atoms with Crippen LogP contribution in [-0.2, 0) is 9.59 Å². The van der Waals surface area contributed by atoms with Gasteiger partial charge in [0.2, 0.25) is 11.9 Å². The van der Waals surface area contributed by atoms with E-state index in [0.717, 1.165) is 22.0 Å². The van der Waals surface area contributed by atoms with Crippen molar-refractivity contribution >= 4 is 41.0 Å². The molecular weight excluding hydrogens is 521 g/mol. The second kappa shape index (κ2) is 10.7. The summed E-state index contributed by atoms with van der Waals surface area (Å²) in [5.41, 5.74) is 4.27. The number of aromatic amines is 1. The number of aryl methyl sites for hydroxylation is 1. The molecule has 2 fully saturated rings. The Morgan fingerprint density at radius 1 is 0.921 bits per heavy atom. The Bertz CT molecular complexity index is 1350. The number of H-pyrrole nitrogens is 1. The van der Waals surface area contributed by atoms with Gasteiger partial charge in [-0.15, -0.1) is 0 Å². The van der Waals surface area contributed by atoms with Gasteiger partial charge in [-0.1, -0.05) is 82.6 Å². The summed E-state index contributed by atoms with van der Waals surface area (Å²) in [6, 6.07) is 15.5. The molecule has 0 spiro atoms. The van der Waals surface area contributed by atoms with Crippen molar-refractivity contribution in [1.82, 2.24) is 9.97 Å². The summed E-state index contributed by atoms with van der Waals surface area (Å²) in [6.45, 7) is 11.9. The van der Waals surface area contributed by atoms with Crippen LogP contribution in [0.5, 0.6) is 0 Å². The highest BCUT2D eigenvalue weighted by Crippen LogP contribution is 2.70. The molecule has 204 valence electrons. The van der Waals surface area contributed by atoms with Gasteiger partial charge in [-0.05, 0) is 59.1 Å². The van der Waals surface area contributed by atoms with E-state index in [9.17, 15) is 9.59 Å². The number of anilines is 1. The predicted octanol–water partition coefficient (Wildman–Crippen LogP) is 8.04. The summed E-state index contributed by atoms with van der Waals surface area (Å²) in [4.78, 5) is 29.9. The number of hydrogen-bond acceptors (Lipinski definition) is 3. The summed E-state index contributed by atoms with van der Waals surface area (Å²) in [6.07, 6.45) is 0. The molecule has 0 aliphatic heterocycles. The lowest BCUT2D eigenvalue weighted by Crippen LogP contribution is -2.07. The number of carboxylic acids is 1. The molecule has 3 N–H and O–H groups in total. The molecule has 1 amide bonds. The number of aromatic nitrogens is 2. The maximum atomic E-state index is 11.2. The van der Waals surface area contributed by atoms with Gasteiger partial charge in [0.15, 0.2) is 0 Å². The zero-order valence-corrected chi connectivity index (χ0v) is 23.4. The Kier molecular flexibility index (Phi) is 8.40. The fourth-order valence-electron chi connectivity index (χ4n) is 5.89. The molecule has 3 aromatic rings. The first-order valence-electron chi connectivity index (χ1n) is 12.3. The molecule has 0 unspecified atom stereocenters. The first-order chi connectivity index (χ1) is 17.2. The number of benzene rings is 2. The highest BCUT2D eigenvalue weighted by Gasteiger charge is 2.62. The van der Waals surface area contributed by atoms with Crippen LogP contribution in [0.25, 0.3) is 0 Å². The fraction of sp³-hybridized carbons (Fsp3) is 0.433. The number of carboxylic acid groups (broad SMARTS) is 1. The van der Waals surface area contributed by atoms with Crippen LogP contribution in [0, 0.1) is 23.7 Å². The number of rotatable bonds is 5. The van der Waals surface area contributed by atoms with Gasteiger partial charge in [0.25, 0.3) is 0 Å². The number of nitrogens with zero attached hydrogens (tertiary/aromatic N) is 1. The maximum Gasteiger partial charge on any atom is 0.307 e. The van der Waals surface area contributed by atoms with Gasteiger partial charge in [-0.3, -0.25) is 14.9 Å². The van der Waals surface area contributed by atoms with Crippen LogP contribution >= 0.6 is 23.2 Å². The molecule has 2 saturated carbocycles. The number of carbonyl (C=O) groups excluding carboxylic acids is 1. The van der Waals surface area contributed by atoms with Gasteiger partial charge >= 0.3 is 5.97 Å². The number of nitrogens with one attached hydrogen (secondary N) is 2. The summed E-state index contributed by atoms with van der Waals surface area (Å²) in [5.74, 6) is 0.201. The Morgan fingerprint density at radius 3 is 1.89 bits per heavy atom. The minimum atomic E-state index is -0.718. The first kappa shape index (κ1) is 29.7. The lowest BCUT2D eigenvalue weighted by Gasteiger charge is -2.02. The van der Waals surface area contributed by atoms with Crippen molar-refractivity contribution in [3.8, 4) is 0 Å². The first-order valence-corrected chi connectivity index (χ1v) is 13.1. The molecule has 6 nitrogen and oxygen atoms in total. The van der Waals surface area contributed by atoms with Crippen molar-refractivity contribution in [3.05, 3.63) is 81.1 Å². The van der Waals surface area contributed by atoms with E-state index in [1.165, 1.54) is 12.5 Å². The number of imidazole rings is 1. The van der Waals surface area contributed by atoms with Crippen LogP contribution in [0.4, 0.5) is 5.95 Å². The van der Waals surface area contributed by atoms with Gasteiger partial charge in [0.1, 0.15) is 0 Å².